The number of hydrogen-bond donors (Lipinski definition) is 2. The van der Waals surface area contributed by atoms with Crippen molar-refractivity contribution < 1.29 is 23.8 Å². The van der Waals surface area contributed by atoms with E-state index in [0.717, 1.165) is 22.7 Å². The van der Waals surface area contributed by atoms with Crippen LogP contribution in [-0.4, -0.2) is 30.2 Å². The predicted octanol–water partition coefficient (Wildman–Crippen LogP) is 4.19. The van der Waals surface area contributed by atoms with Crippen molar-refractivity contribution in [2.45, 2.75) is 25.7 Å². The number of fused-ring (bicyclic) bond motifs is 2. The molecule has 2 heterocycles. The molecule has 164 valence electrons. The molecule has 1 aliphatic heterocycles. The van der Waals surface area contributed by atoms with Gasteiger partial charge in [-0.15, -0.1) is 11.3 Å². The van der Waals surface area contributed by atoms with Crippen molar-refractivity contribution in [2.75, 3.05) is 24.0 Å². The zero-order valence-corrected chi connectivity index (χ0v) is 18.2. The fraction of sp³-hybridized carbons (Fsp3) is 0.261. The Morgan fingerprint density at radius 1 is 1.12 bits per heavy atom. The summed E-state index contributed by atoms with van der Waals surface area (Å²) >= 11 is 1.41. The molecule has 2 amide bonds. The van der Waals surface area contributed by atoms with E-state index in [4.69, 9.17) is 14.2 Å². The number of anilines is 2. The molecule has 1 aliphatic carbocycles. The standard InChI is InChI=1S/C23H21N3O5S/c1-2-29-15-6-4-14(5-7-15)24-22(28)16-8-10-19-20(16)25-23(32-19)26-21(27)13-3-9-17-18(11-13)31-12-30-17/h3-7,9,11,16H,2,8,10,12H2,1H3,(H,24,28)(H,25,26,27). The SMILES string of the molecule is CCOc1ccc(NC(=O)C2CCc3sc(NC(=O)c4ccc5c(c4)OCO5)nc32)cc1. The van der Waals surface area contributed by atoms with Crippen molar-refractivity contribution in [1.29, 1.82) is 0 Å². The maximum absolute atomic E-state index is 12.9. The Bertz CT molecular complexity index is 1170. The number of nitrogens with zero attached hydrogens (tertiary/aromatic N) is 1. The molecule has 0 fully saturated rings. The quantitative estimate of drug-likeness (QED) is 0.583. The molecule has 0 spiro atoms. The van der Waals surface area contributed by atoms with E-state index in [0.29, 0.717) is 40.9 Å². The lowest BCUT2D eigenvalue weighted by Gasteiger charge is -2.11. The van der Waals surface area contributed by atoms with Crippen molar-refractivity contribution in [3.05, 3.63) is 58.6 Å². The van der Waals surface area contributed by atoms with E-state index in [1.807, 2.05) is 31.2 Å². The number of rotatable bonds is 6. The van der Waals surface area contributed by atoms with Gasteiger partial charge in [-0.2, -0.15) is 0 Å². The molecule has 1 atom stereocenters. The lowest BCUT2D eigenvalue weighted by atomic mass is 10.1. The van der Waals surface area contributed by atoms with E-state index in [2.05, 4.69) is 15.6 Å². The molecule has 9 heteroatoms. The van der Waals surface area contributed by atoms with Crippen LogP contribution in [0.5, 0.6) is 17.2 Å². The largest absolute Gasteiger partial charge is 0.494 e. The third kappa shape index (κ3) is 3.99. The highest BCUT2D eigenvalue weighted by atomic mass is 32.1. The van der Waals surface area contributed by atoms with E-state index in [9.17, 15) is 9.59 Å². The van der Waals surface area contributed by atoms with E-state index in [1.165, 1.54) is 11.3 Å². The van der Waals surface area contributed by atoms with Crippen molar-refractivity contribution >= 4 is 34.0 Å². The van der Waals surface area contributed by atoms with Crippen LogP contribution >= 0.6 is 11.3 Å². The molecule has 1 unspecified atom stereocenters. The number of benzene rings is 2. The van der Waals surface area contributed by atoms with Crippen LogP contribution in [0.4, 0.5) is 10.8 Å². The zero-order valence-electron chi connectivity index (χ0n) is 17.3. The maximum atomic E-state index is 12.9. The number of ether oxygens (including phenoxy) is 3. The van der Waals surface area contributed by atoms with Gasteiger partial charge >= 0.3 is 0 Å². The van der Waals surface area contributed by atoms with Gasteiger partial charge in [0, 0.05) is 16.1 Å². The first kappa shape index (κ1) is 20.3. The Kier molecular flexibility index (Phi) is 5.40. The van der Waals surface area contributed by atoms with Gasteiger partial charge < -0.3 is 19.5 Å². The van der Waals surface area contributed by atoms with Crippen LogP contribution in [0.1, 0.15) is 40.2 Å². The fourth-order valence-corrected chi connectivity index (χ4v) is 4.81. The van der Waals surface area contributed by atoms with Gasteiger partial charge in [0.05, 0.1) is 18.2 Å². The number of hydrogen-bond acceptors (Lipinski definition) is 7. The van der Waals surface area contributed by atoms with E-state index in [-0.39, 0.29) is 24.5 Å². The summed E-state index contributed by atoms with van der Waals surface area (Å²) < 4.78 is 16.0. The molecule has 32 heavy (non-hydrogen) atoms. The van der Waals surface area contributed by atoms with Crippen LogP contribution in [0, 0.1) is 0 Å². The molecule has 2 aliphatic rings. The molecule has 8 nitrogen and oxygen atoms in total. The minimum absolute atomic E-state index is 0.105. The highest BCUT2D eigenvalue weighted by Crippen LogP contribution is 2.39. The number of thiazole rings is 1. The summed E-state index contributed by atoms with van der Waals surface area (Å²) in [6.45, 7) is 2.67. The van der Waals surface area contributed by atoms with Crippen molar-refractivity contribution in [2.24, 2.45) is 0 Å². The number of aryl methyl sites for hydroxylation is 1. The Balaban J connectivity index is 1.25. The van der Waals surface area contributed by atoms with Crippen molar-refractivity contribution in [3.63, 3.8) is 0 Å². The molecule has 3 aromatic rings. The number of aromatic nitrogens is 1. The Morgan fingerprint density at radius 2 is 1.94 bits per heavy atom. The van der Waals surface area contributed by atoms with Gasteiger partial charge in [-0.25, -0.2) is 4.98 Å². The van der Waals surface area contributed by atoms with Crippen LogP contribution in [0.25, 0.3) is 0 Å². The Morgan fingerprint density at radius 3 is 2.75 bits per heavy atom. The molecule has 2 N–H and O–H groups in total. The monoisotopic (exact) mass is 451 g/mol. The average molecular weight is 452 g/mol. The van der Waals surface area contributed by atoms with Gasteiger partial charge in [-0.1, -0.05) is 0 Å². The molecular formula is C23H21N3O5S. The first-order valence-corrected chi connectivity index (χ1v) is 11.2. The van der Waals surface area contributed by atoms with Crippen molar-refractivity contribution in [1.82, 2.24) is 4.98 Å². The number of carbonyl (C=O) groups is 2. The smallest absolute Gasteiger partial charge is 0.257 e. The Labute approximate surface area is 188 Å². The first-order valence-electron chi connectivity index (χ1n) is 10.3. The van der Waals surface area contributed by atoms with Gasteiger partial charge in [0.15, 0.2) is 16.6 Å². The van der Waals surface area contributed by atoms with Gasteiger partial charge in [-0.3, -0.25) is 14.9 Å². The lowest BCUT2D eigenvalue weighted by Crippen LogP contribution is -2.20. The second kappa shape index (κ2) is 8.51. The van der Waals surface area contributed by atoms with Crippen molar-refractivity contribution in [3.8, 4) is 17.2 Å². The summed E-state index contributed by atoms with van der Waals surface area (Å²) in [6.07, 6.45) is 1.46. The lowest BCUT2D eigenvalue weighted by molar-refractivity contribution is -0.117. The predicted molar refractivity (Wildman–Crippen MR) is 120 cm³/mol. The van der Waals surface area contributed by atoms with Crippen LogP contribution < -0.4 is 24.8 Å². The van der Waals surface area contributed by atoms with E-state index < -0.39 is 0 Å². The molecule has 1 aromatic heterocycles. The van der Waals surface area contributed by atoms with Gasteiger partial charge in [0.25, 0.3) is 5.91 Å². The van der Waals surface area contributed by atoms with Gasteiger partial charge in [0.1, 0.15) is 5.75 Å². The third-order valence-corrected chi connectivity index (χ3v) is 6.37. The second-order valence-electron chi connectivity index (χ2n) is 7.39. The normalized spacial score (nSPS) is 15.8. The summed E-state index contributed by atoms with van der Waals surface area (Å²) in [5.74, 6) is 1.19. The third-order valence-electron chi connectivity index (χ3n) is 5.32. The second-order valence-corrected chi connectivity index (χ2v) is 8.47. The molecule has 0 saturated heterocycles. The topological polar surface area (TPSA) is 98.8 Å². The van der Waals surface area contributed by atoms with E-state index >= 15 is 0 Å². The molecule has 0 bridgehead atoms. The molecule has 5 rings (SSSR count). The highest BCUT2D eigenvalue weighted by molar-refractivity contribution is 7.16. The van der Waals surface area contributed by atoms with Crippen LogP contribution in [-0.2, 0) is 11.2 Å². The summed E-state index contributed by atoms with van der Waals surface area (Å²) in [6, 6.07) is 12.3. The average Bonchev–Trinajstić information content (AvgIpc) is 3.50. The molecule has 0 radical (unpaired) electrons. The van der Waals surface area contributed by atoms with Crippen LogP contribution in [0.15, 0.2) is 42.5 Å². The minimum Gasteiger partial charge on any atom is -0.494 e. The zero-order chi connectivity index (χ0) is 22.1. The summed E-state index contributed by atoms with van der Waals surface area (Å²) in [4.78, 5) is 31.1. The molecule has 0 saturated carbocycles. The van der Waals surface area contributed by atoms with Crippen LogP contribution in [0.2, 0.25) is 0 Å². The Hall–Kier alpha value is -3.59. The molecule has 2 aromatic carbocycles. The summed E-state index contributed by atoms with van der Waals surface area (Å²) in [5.41, 5.74) is 1.90. The maximum Gasteiger partial charge on any atom is 0.257 e. The fourth-order valence-electron chi connectivity index (χ4n) is 3.77. The first-order chi connectivity index (χ1) is 15.6. The summed E-state index contributed by atoms with van der Waals surface area (Å²) in [7, 11) is 0. The van der Waals surface area contributed by atoms with Gasteiger partial charge in [-0.05, 0) is 62.2 Å². The number of amides is 2. The van der Waals surface area contributed by atoms with Gasteiger partial charge in [0.2, 0.25) is 12.7 Å². The number of nitrogens with one attached hydrogen (secondary N) is 2. The van der Waals surface area contributed by atoms with Crippen LogP contribution in [0.3, 0.4) is 0 Å². The van der Waals surface area contributed by atoms with E-state index in [1.54, 1.807) is 18.2 Å². The minimum atomic E-state index is -0.344. The number of carbonyl (C=O) groups excluding carboxylic acids is 2. The highest BCUT2D eigenvalue weighted by Gasteiger charge is 2.33. The molecular weight excluding hydrogens is 430 g/mol. The summed E-state index contributed by atoms with van der Waals surface area (Å²) in [5, 5.41) is 6.27.